The number of carbonyl (C=O) groups excluding carboxylic acids is 1. The van der Waals surface area contributed by atoms with Crippen LogP contribution in [0.15, 0.2) is 18.2 Å². The van der Waals surface area contributed by atoms with Gasteiger partial charge in [-0.3, -0.25) is 4.79 Å². The minimum Gasteiger partial charge on any atom is -0.299 e. The summed E-state index contributed by atoms with van der Waals surface area (Å²) in [6.45, 7) is 4.43. The number of aryl methyl sites for hydroxylation is 1. The number of carbonyl (C=O) groups is 1. The SMILES string of the molecule is Cc1ccc2/c(c1)=C\CC[C@H]1C(\C=2)CC[C@]2(C)C(=O)CCC12. The molecular formula is C21H26O. The molecule has 0 N–H and O–H groups in total. The van der Waals surface area contributed by atoms with E-state index in [2.05, 4.69) is 44.2 Å². The minimum atomic E-state index is -0.00961. The second-order valence-electron chi connectivity index (χ2n) is 7.93. The molecule has 0 aliphatic heterocycles. The molecule has 0 heterocycles. The third-order valence-corrected chi connectivity index (χ3v) is 6.70. The summed E-state index contributed by atoms with van der Waals surface area (Å²) in [7, 11) is 0. The lowest BCUT2D eigenvalue weighted by Crippen LogP contribution is -2.42. The summed E-state index contributed by atoms with van der Waals surface area (Å²) < 4.78 is 0. The Labute approximate surface area is 133 Å². The second-order valence-corrected chi connectivity index (χ2v) is 7.93. The van der Waals surface area contributed by atoms with Gasteiger partial charge in [-0.2, -0.15) is 0 Å². The number of hydrogen-bond donors (Lipinski definition) is 0. The van der Waals surface area contributed by atoms with Crippen LogP contribution in [0.2, 0.25) is 0 Å². The Kier molecular flexibility index (Phi) is 3.29. The van der Waals surface area contributed by atoms with E-state index in [1.807, 2.05) is 0 Å². The van der Waals surface area contributed by atoms with Crippen molar-refractivity contribution in [2.45, 2.75) is 52.4 Å². The van der Waals surface area contributed by atoms with E-state index >= 15 is 0 Å². The molecule has 0 saturated heterocycles. The molecule has 0 spiro atoms. The first kappa shape index (κ1) is 14.2. The zero-order chi connectivity index (χ0) is 15.3. The summed E-state index contributed by atoms with van der Waals surface area (Å²) in [5.41, 5.74) is 1.34. The topological polar surface area (TPSA) is 17.1 Å². The summed E-state index contributed by atoms with van der Waals surface area (Å²) in [4.78, 5) is 12.4. The monoisotopic (exact) mass is 294 g/mol. The van der Waals surface area contributed by atoms with Crippen molar-refractivity contribution in [3.05, 3.63) is 34.2 Å². The van der Waals surface area contributed by atoms with Gasteiger partial charge in [0.05, 0.1) is 0 Å². The zero-order valence-corrected chi connectivity index (χ0v) is 13.8. The molecule has 4 rings (SSSR count). The molecule has 0 radical (unpaired) electrons. The maximum Gasteiger partial charge on any atom is 0.139 e. The van der Waals surface area contributed by atoms with Crippen LogP contribution >= 0.6 is 0 Å². The predicted octanol–water partition coefficient (Wildman–Crippen LogP) is 3.36. The highest BCUT2D eigenvalue weighted by molar-refractivity contribution is 5.87. The van der Waals surface area contributed by atoms with Gasteiger partial charge in [0, 0.05) is 11.8 Å². The molecule has 1 nitrogen and oxygen atoms in total. The number of Topliss-reactive ketones (excluding diaryl/α,β-unsaturated/α-hetero) is 1. The number of hydrogen-bond acceptors (Lipinski definition) is 1. The lowest BCUT2D eigenvalue weighted by molar-refractivity contribution is -0.129. The van der Waals surface area contributed by atoms with Crippen LogP contribution in [0, 0.1) is 30.1 Å². The molecule has 2 saturated carbocycles. The van der Waals surface area contributed by atoms with Crippen molar-refractivity contribution < 1.29 is 4.79 Å². The van der Waals surface area contributed by atoms with Gasteiger partial charge in [0.15, 0.2) is 0 Å². The first-order valence-corrected chi connectivity index (χ1v) is 8.90. The Bertz CT molecular complexity index is 729. The average molecular weight is 294 g/mol. The van der Waals surface area contributed by atoms with Crippen molar-refractivity contribution >= 4 is 17.9 Å². The highest BCUT2D eigenvalue weighted by atomic mass is 16.1. The van der Waals surface area contributed by atoms with Gasteiger partial charge in [0.25, 0.3) is 0 Å². The first-order valence-electron chi connectivity index (χ1n) is 8.90. The van der Waals surface area contributed by atoms with E-state index in [1.165, 1.54) is 28.8 Å². The summed E-state index contributed by atoms with van der Waals surface area (Å²) in [5, 5.41) is 2.82. The highest BCUT2D eigenvalue weighted by Gasteiger charge is 2.52. The third-order valence-electron chi connectivity index (χ3n) is 6.70. The van der Waals surface area contributed by atoms with Gasteiger partial charge in [-0.15, -0.1) is 0 Å². The maximum absolute atomic E-state index is 12.4. The van der Waals surface area contributed by atoms with E-state index < -0.39 is 0 Å². The molecule has 4 atom stereocenters. The quantitative estimate of drug-likeness (QED) is 0.717. The molecule has 0 bridgehead atoms. The van der Waals surface area contributed by atoms with Crippen molar-refractivity contribution in [3.8, 4) is 0 Å². The number of fused-ring (bicyclic) bond motifs is 4. The smallest absolute Gasteiger partial charge is 0.139 e. The van der Waals surface area contributed by atoms with E-state index in [4.69, 9.17) is 0 Å². The molecule has 116 valence electrons. The summed E-state index contributed by atoms with van der Waals surface area (Å²) >= 11 is 0. The predicted molar refractivity (Wildman–Crippen MR) is 90.6 cm³/mol. The van der Waals surface area contributed by atoms with Crippen LogP contribution in [0.4, 0.5) is 0 Å². The van der Waals surface area contributed by atoms with Gasteiger partial charge in [0.2, 0.25) is 0 Å². The summed E-state index contributed by atoms with van der Waals surface area (Å²) in [5.74, 6) is 2.53. The van der Waals surface area contributed by atoms with Crippen LogP contribution < -0.4 is 10.4 Å². The molecule has 0 amide bonds. The molecule has 2 unspecified atom stereocenters. The number of benzene rings is 1. The van der Waals surface area contributed by atoms with Crippen LogP contribution in [0.3, 0.4) is 0 Å². The normalized spacial score (nSPS) is 40.1. The third kappa shape index (κ3) is 2.09. The highest BCUT2D eigenvalue weighted by Crippen LogP contribution is 2.55. The van der Waals surface area contributed by atoms with Crippen LogP contribution in [-0.2, 0) is 4.79 Å². The van der Waals surface area contributed by atoms with Crippen molar-refractivity contribution in [3.63, 3.8) is 0 Å². The molecule has 1 aromatic carbocycles. The fourth-order valence-electron chi connectivity index (χ4n) is 5.39. The van der Waals surface area contributed by atoms with Crippen LogP contribution in [0.25, 0.3) is 12.2 Å². The Hall–Kier alpha value is -1.37. The molecule has 3 aliphatic rings. The standard InChI is InChI=1S/C21H26O/c1-14-6-7-16-13-17-10-11-21(2)19(8-9-20(21)22)18(17)5-3-4-15(16)12-14/h4,6-7,12-13,17-19H,3,5,8-11H2,1-2H3/b15-4-,16-13-/t17?,18-,19?,21-/m0/s1. The van der Waals surface area contributed by atoms with Gasteiger partial charge in [-0.05, 0) is 67.2 Å². The number of ketones is 1. The lowest BCUT2D eigenvalue weighted by Gasteiger charge is -2.45. The van der Waals surface area contributed by atoms with Crippen LogP contribution in [0.1, 0.15) is 51.0 Å². The van der Waals surface area contributed by atoms with Gasteiger partial charge in [0.1, 0.15) is 5.78 Å². The number of rotatable bonds is 0. The van der Waals surface area contributed by atoms with Gasteiger partial charge in [-0.25, -0.2) is 0 Å². The Morgan fingerprint density at radius 2 is 2.00 bits per heavy atom. The van der Waals surface area contributed by atoms with Crippen molar-refractivity contribution in [1.82, 2.24) is 0 Å². The van der Waals surface area contributed by atoms with E-state index in [-0.39, 0.29) is 5.41 Å². The van der Waals surface area contributed by atoms with Crippen molar-refractivity contribution in [2.75, 3.05) is 0 Å². The second kappa shape index (κ2) is 5.08. The lowest BCUT2D eigenvalue weighted by atomic mass is 9.59. The zero-order valence-electron chi connectivity index (χ0n) is 13.8. The van der Waals surface area contributed by atoms with Gasteiger partial charge in [-0.1, -0.05) is 42.8 Å². The van der Waals surface area contributed by atoms with E-state index in [0.29, 0.717) is 23.5 Å². The van der Waals surface area contributed by atoms with Gasteiger partial charge < -0.3 is 0 Å². The fourth-order valence-corrected chi connectivity index (χ4v) is 5.39. The Morgan fingerprint density at radius 1 is 1.14 bits per heavy atom. The van der Waals surface area contributed by atoms with E-state index in [0.717, 1.165) is 25.7 Å². The molecule has 0 aromatic heterocycles. The van der Waals surface area contributed by atoms with Crippen molar-refractivity contribution in [1.29, 1.82) is 0 Å². The van der Waals surface area contributed by atoms with E-state index in [1.54, 1.807) is 0 Å². The summed E-state index contributed by atoms with van der Waals surface area (Å²) in [6.07, 6.45) is 11.6. The molecule has 1 aromatic rings. The van der Waals surface area contributed by atoms with Crippen LogP contribution in [0.5, 0.6) is 0 Å². The van der Waals surface area contributed by atoms with E-state index in [9.17, 15) is 4.79 Å². The summed E-state index contributed by atoms with van der Waals surface area (Å²) in [6, 6.07) is 6.83. The molecule has 1 heteroatoms. The average Bonchev–Trinajstić information content (AvgIpc) is 2.77. The molecular weight excluding hydrogens is 268 g/mol. The molecule has 3 aliphatic carbocycles. The largest absolute Gasteiger partial charge is 0.299 e. The Balaban J connectivity index is 1.77. The maximum atomic E-state index is 12.4. The Morgan fingerprint density at radius 3 is 2.86 bits per heavy atom. The van der Waals surface area contributed by atoms with Gasteiger partial charge >= 0.3 is 0 Å². The van der Waals surface area contributed by atoms with Crippen molar-refractivity contribution in [2.24, 2.45) is 23.2 Å². The molecule has 2 fully saturated rings. The fraction of sp³-hybridized carbons (Fsp3) is 0.571. The molecule has 22 heavy (non-hydrogen) atoms. The first-order chi connectivity index (χ1) is 10.6. The van der Waals surface area contributed by atoms with Crippen LogP contribution in [-0.4, -0.2) is 5.78 Å². The minimum absolute atomic E-state index is 0.00961.